The molecule has 3 saturated carbocycles. The van der Waals surface area contributed by atoms with Crippen molar-refractivity contribution in [3.63, 3.8) is 0 Å². The van der Waals surface area contributed by atoms with Crippen LogP contribution in [0.15, 0.2) is 60.7 Å². The molecule has 4 aliphatic rings. The fourth-order valence-corrected chi connectivity index (χ4v) is 15.7. The van der Waals surface area contributed by atoms with Crippen molar-refractivity contribution in [3.8, 4) is 5.75 Å². The molecule has 4 aliphatic carbocycles. The van der Waals surface area contributed by atoms with E-state index in [9.17, 15) is 0 Å². The molecule has 5 heteroatoms. The summed E-state index contributed by atoms with van der Waals surface area (Å²) < 4.78 is 4.98. The van der Waals surface area contributed by atoms with Gasteiger partial charge in [0.15, 0.2) is 0 Å². The first kappa shape index (κ1) is 48.3. The van der Waals surface area contributed by atoms with Gasteiger partial charge < -0.3 is 16.0 Å². The zero-order valence-corrected chi connectivity index (χ0v) is 39.1. The molecule has 306 valence electrons. The van der Waals surface area contributed by atoms with E-state index in [4.69, 9.17) is 16.1 Å². The maximum atomic E-state index is 7.75. The quantitative estimate of drug-likeness (QED) is 0.0777. The third-order valence-electron chi connectivity index (χ3n) is 12.6. The van der Waals surface area contributed by atoms with Crippen molar-refractivity contribution in [2.75, 3.05) is 7.11 Å². The monoisotopic (exact) mass is 883 g/mol. The van der Waals surface area contributed by atoms with Gasteiger partial charge >= 0.3 is 27.0 Å². The Bertz CT molecular complexity index is 1480. The summed E-state index contributed by atoms with van der Waals surface area (Å²) in [6, 6.07) is 16.8. The molecule has 3 aromatic rings. The van der Waals surface area contributed by atoms with Gasteiger partial charge in [0.05, 0.1) is 24.1 Å². The normalized spacial score (nSPS) is 19.9. The molecule has 56 heavy (non-hydrogen) atoms. The number of halogens is 1. The Labute approximate surface area is 358 Å². The SMILES string of the molecule is C1CCC([PH+](C2CCCCC2)C2CCCCC2)CC1.Cc1cc(C)c(C2C=CC(c3c(C)cc(C)cc3C)[CH-]2)c(C)c1.[CH-]=Cc1cccc(OC)c1.[CH-]=O.[Cl][Ru+3]. The molecule has 0 bridgehead atoms. The summed E-state index contributed by atoms with van der Waals surface area (Å²) >= 11 is 1.82. The van der Waals surface area contributed by atoms with E-state index in [0.29, 0.717) is 11.8 Å². The molecule has 3 aromatic carbocycles. The van der Waals surface area contributed by atoms with Gasteiger partial charge in [-0.2, -0.15) is 5.56 Å². The summed E-state index contributed by atoms with van der Waals surface area (Å²) in [7, 11) is 6.16. The zero-order valence-electron chi connectivity index (χ0n) is 35.6. The number of hydrogen-bond donors (Lipinski definition) is 0. The van der Waals surface area contributed by atoms with E-state index in [1.165, 1.54) is 61.5 Å². The second-order valence-corrected chi connectivity index (χ2v) is 20.2. The Morgan fingerprint density at radius 2 is 0.982 bits per heavy atom. The Hall–Kier alpha value is -2.05. The molecule has 0 amide bonds. The van der Waals surface area contributed by atoms with Gasteiger partial charge in [0.25, 0.3) is 0 Å². The van der Waals surface area contributed by atoms with Gasteiger partial charge in [-0.25, -0.2) is 6.08 Å². The second-order valence-electron chi connectivity index (χ2n) is 16.7. The molecule has 0 saturated heterocycles. The number of allylic oxidation sites excluding steroid dienone is 2. The van der Waals surface area contributed by atoms with Crippen molar-refractivity contribution in [2.24, 2.45) is 0 Å². The van der Waals surface area contributed by atoms with E-state index in [1.54, 1.807) is 109 Å². The molecule has 0 aromatic heterocycles. The fraction of sp³-hybridized carbons (Fsp3) is 0.529. The van der Waals surface area contributed by atoms with Crippen molar-refractivity contribution >= 4 is 30.5 Å². The van der Waals surface area contributed by atoms with Crippen molar-refractivity contribution in [1.29, 1.82) is 0 Å². The first-order valence-corrected chi connectivity index (χ1v) is 25.3. The minimum atomic E-state index is -0.0465. The van der Waals surface area contributed by atoms with Gasteiger partial charge in [-0.05, 0) is 147 Å². The first-order valence-electron chi connectivity index (χ1n) is 21.3. The maximum absolute atomic E-state index is 7.75. The van der Waals surface area contributed by atoms with Crippen LogP contribution in [0.4, 0.5) is 0 Å². The topological polar surface area (TPSA) is 26.3 Å². The van der Waals surface area contributed by atoms with Gasteiger partial charge in [0.2, 0.25) is 0 Å². The molecule has 2 atom stereocenters. The van der Waals surface area contributed by atoms with Crippen LogP contribution in [-0.4, -0.2) is 30.9 Å². The van der Waals surface area contributed by atoms with Crippen LogP contribution in [0.3, 0.4) is 0 Å². The predicted molar refractivity (Wildman–Crippen MR) is 244 cm³/mol. The molecular weight excluding hydrogens is 812 g/mol. The molecule has 7 rings (SSSR count). The van der Waals surface area contributed by atoms with Gasteiger partial charge in [0.1, 0.15) is 5.75 Å². The summed E-state index contributed by atoms with van der Waals surface area (Å²) in [6.45, 7) is 21.9. The summed E-state index contributed by atoms with van der Waals surface area (Å²) in [6.07, 6.45) is 32.6. The van der Waals surface area contributed by atoms with Crippen LogP contribution in [0.5, 0.6) is 5.75 Å². The molecule has 0 heterocycles. The van der Waals surface area contributed by atoms with Crippen LogP contribution >= 0.6 is 17.6 Å². The van der Waals surface area contributed by atoms with Crippen LogP contribution in [-0.2, 0) is 22.1 Å². The third kappa shape index (κ3) is 14.3. The van der Waals surface area contributed by atoms with Gasteiger partial charge in [-0.1, -0.05) is 77.9 Å². The molecular formula is C51H71ClO2PRu+. The number of carbonyl (C=O) groups excluding carboxylic acids is 1. The Morgan fingerprint density at radius 1 is 0.625 bits per heavy atom. The number of aryl methyl sites for hydroxylation is 6. The van der Waals surface area contributed by atoms with Crippen LogP contribution in [0.2, 0.25) is 0 Å². The number of rotatable bonds is 7. The molecule has 2 nitrogen and oxygen atoms in total. The zero-order chi connectivity index (χ0) is 41.0. The van der Waals surface area contributed by atoms with Crippen LogP contribution in [0.1, 0.15) is 158 Å². The van der Waals surface area contributed by atoms with Gasteiger partial charge in [-0.3, -0.25) is 13.4 Å². The van der Waals surface area contributed by atoms with Gasteiger partial charge in [-0.15, -0.1) is 30.1 Å². The standard InChI is InChI=1S/C23H27.C18H33P.C9H9O.CHO.ClH.Ru/c1-14-9-16(3)22(17(4)10-14)20-7-8-21(13-20)23-18(5)11-15(2)12-19(23)6;1-4-10-16(11-5-1)19(17-12-6-2-7-13-17)18-14-8-3-9-15-18;1-3-8-5-4-6-9(7-8)10-2;1-2;;/h7-13,20-21H,1-6H3;16-18H,1-15H2;1,3-7H,2H3;1H;1H;/q-1;;2*-1;;+4. The number of methoxy groups -OCH3 is 1. The molecule has 0 radical (unpaired) electrons. The van der Waals surface area contributed by atoms with Crippen LogP contribution < -0.4 is 4.74 Å². The number of ether oxygens (including phenoxy) is 1. The summed E-state index contributed by atoms with van der Waals surface area (Å²) in [5, 5.41) is 0. The van der Waals surface area contributed by atoms with Crippen LogP contribution in [0.25, 0.3) is 6.08 Å². The van der Waals surface area contributed by atoms with Crippen molar-refractivity contribution in [1.82, 2.24) is 0 Å². The van der Waals surface area contributed by atoms with E-state index < -0.39 is 0 Å². The predicted octanol–water partition coefficient (Wildman–Crippen LogP) is 14.9. The summed E-state index contributed by atoms with van der Waals surface area (Å²) in [4.78, 5) is 7.75. The van der Waals surface area contributed by atoms with E-state index in [0.717, 1.165) is 11.3 Å². The third-order valence-corrected chi connectivity index (χ3v) is 17.2. The fourth-order valence-electron chi connectivity index (χ4n) is 10.5. The Kier molecular flexibility index (Phi) is 22.6. The van der Waals surface area contributed by atoms with Crippen LogP contribution in [0, 0.1) is 54.5 Å². The summed E-state index contributed by atoms with van der Waals surface area (Å²) in [5.41, 5.74) is 16.0. The molecule has 3 fully saturated rings. The average molecular weight is 884 g/mol. The number of hydrogen-bond acceptors (Lipinski definition) is 2. The minimum absolute atomic E-state index is 0.0465. The van der Waals surface area contributed by atoms with E-state index in [1.807, 2.05) is 41.6 Å². The molecule has 0 spiro atoms. The average Bonchev–Trinajstić information content (AvgIpc) is 3.69. The molecule has 0 aliphatic heterocycles. The molecule has 0 N–H and O–H groups in total. The van der Waals surface area contributed by atoms with E-state index in [-0.39, 0.29) is 7.92 Å². The number of benzene rings is 3. The van der Waals surface area contributed by atoms with Crippen molar-refractivity contribution in [2.45, 2.75) is 167 Å². The van der Waals surface area contributed by atoms with Crippen molar-refractivity contribution < 1.29 is 26.8 Å². The molecule has 2 unspecified atom stereocenters. The Morgan fingerprint density at radius 3 is 1.30 bits per heavy atom. The second kappa shape index (κ2) is 26.1. The van der Waals surface area contributed by atoms with Gasteiger partial charge in [0, 0.05) is 7.92 Å². The van der Waals surface area contributed by atoms with E-state index >= 15 is 0 Å². The van der Waals surface area contributed by atoms with E-state index in [2.05, 4.69) is 101 Å². The Balaban J connectivity index is 0.000000229. The summed E-state index contributed by atoms with van der Waals surface area (Å²) in [5.74, 6) is 1.70. The first-order chi connectivity index (χ1) is 27.2. The van der Waals surface area contributed by atoms with Crippen molar-refractivity contribution in [3.05, 3.63) is 124 Å².